The molecule has 3 nitrogen and oxygen atoms in total. The van der Waals surface area contributed by atoms with Gasteiger partial charge in [0.25, 0.3) is 5.56 Å². The molecule has 120 valence electrons. The number of hydrogen-bond acceptors (Lipinski definition) is 3. The Morgan fingerprint density at radius 1 is 1.30 bits per heavy atom. The molecule has 2 heterocycles. The Morgan fingerprint density at radius 3 is 2.78 bits per heavy atom. The van der Waals surface area contributed by atoms with Gasteiger partial charge in [0.05, 0.1) is 11.9 Å². The lowest BCUT2D eigenvalue weighted by Crippen LogP contribution is -2.26. The Hall–Kier alpha value is -2.01. The highest BCUT2D eigenvalue weighted by Crippen LogP contribution is 2.26. The second-order valence-electron chi connectivity index (χ2n) is 5.76. The normalized spacial score (nSPS) is 11.3. The maximum absolute atomic E-state index is 13.4. The molecule has 0 amide bonds. The summed E-state index contributed by atoms with van der Waals surface area (Å²) < 4.78 is 15.1. The summed E-state index contributed by atoms with van der Waals surface area (Å²) >= 11 is 1.57. The third kappa shape index (κ3) is 2.93. The number of benzene rings is 1. The van der Waals surface area contributed by atoms with E-state index in [0.717, 1.165) is 39.5 Å². The van der Waals surface area contributed by atoms with Crippen LogP contribution in [0.3, 0.4) is 0 Å². The summed E-state index contributed by atoms with van der Waals surface area (Å²) in [7, 11) is 0. The van der Waals surface area contributed by atoms with Gasteiger partial charge in [-0.15, -0.1) is 11.3 Å². The fourth-order valence-corrected chi connectivity index (χ4v) is 3.80. The number of rotatable bonds is 4. The Balaban J connectivity index is 2.20. The summed E-state index contributed by atoms with van der Waals surface area (Å²) in [5, 5.41) is 0.698. The van der Waals surface area contributed by atoms with E-state index in [9.17, 15) is 9.18 Å². The molecule has 0 radical (unpaired) electrons. The first-order chi connectivity index (χ1) is 11.0. The molecule has 0 saturated carbocycles. The summed E-state index contributed by atoms with van der Waals surface area (Å²) in [5.74, 6) is 0.486. The molecule has 2 aromatic heterocycles. The van der Waals surface area contributed by atoms with Crippen molar-refractivity contribution in [3.63, 3.8) is 0 Å². The van der Waals surface area contributed by atoms with Crippen LogP contribution in [-0.2, 0) is 13.0 Å². The number of aromatic nitrogens is 2. The maximum Gasteiger partial charge on any atom is 0.262 e. The Kier molecular flexibility index (Phi) is 4.31. The number of halogens is 1. The number of thiophene rings is 1. The summed E-state index contributed by atoms with van der Waals surface area (Å²) in [6.07, 6.45) is 1.64. The Bertz CT molecular complexity index is 927. The lowest BCUT2D eigenvalue weighted by Gasteiger charge is -2.12. The summed E-state index contributed by atoms with van der Waals surface area (Å²) in [6.45, 7) is 6.39. The Labute approximate surface area is 138 Å². The minimum absolute atomic E-state index is 0.0236. The molecule has 0 aliphatic carbocycles. The molecular formula is C18H19FN2OS. The predicted molar refractivity (Wildman–Crippen MR) is 92.9 cm³/mol. The van der Waals surface area contributed by atoms with Crippen molar-refractivity contribution in [1.29, 1.82) is 0 Å². The van der Waals surface area contributed by atoms with Crippen molar-refractivity contribution in [1.82, 2.24) is 9.55 Å². The third-order valence-corrected chi connectivity index (χ3v) is 5.17. The zero-order valence-electron chi connectivity index (χ0n) is 13.5. The molecular weight excluding hydrogens is 311 g/mol. The van der Waals surface area contributed by atoms with Crippen LogP contribution < -0.4 is 5.56 Å². The average Bonchev–Trinajstić information content (AvgIpc) is 2.78. The minimum atomic E-state index is -0.288. The average molecular weight is 330 g/mol. The largest absolute Gasteiger partial charge is 0.292 e. The van der Waals surface area contributed by atoms with Gasteiger partial charge in [-0.2, -0.15) is 0 Å². The van der Waals surface area contributed by atoms with Crippen LogP contribution >= 0.6 is 11.3 Å². The second kappa shape index (κ2) is 6.24. The molecule has 0 aliphatic rings. The molecule has 0 spiro atoms. The topological polar surface area (TPSA) is 34.9 Å². The van der Waals surface area contributed by atoms with Crippen molar-refractivity contribution in [2.45, 2.75) is 40.2 Å². The van der Waals surface area contributed by atoms with Crippen molar-refractivity contribution in [3.8, 4) is 0 Å². The van der Waals surface area contributed by atoms with Gasteiger partial charge in [0.15, 0.2) is 0 Å². The first-order valence-electron chi connectivity index (χ1n) is 7.75. The van der Waals surface area contributed by atoms with E-state index < -0.39 is 0 Å². The molecule has 0 unspecified atom stereocenters. The van der Waals surface area contributed by atoms with Crippen molar-refractivity contribution >= 4 is 21.6 Å². The molecule has 5 heteroatoms. The van der Waals surface area contributed by atoms with Crippen LogP contribution in [0, 0.1) is 19.7 Å². The monoisotopic (exact) mass is 330 g/mol. The highest BCUT2D eigenvalue weighted by atomic mass is 32.1. The number of aryl methyl sites for hydroxylation is 3. The first kappa shape index (κ1) is 15.9. The van der Waals surface area contributed by atoms with E-state index in [2.05, 4.69) is 6.92 Å². The quantitative estimate of drug-likeness (QED) is 0.718. The number of nitrogens with zero attached hydrogens (tertiary/aromatic N) is 2. The van der Waals surface area contributed by atoms with Crippen LogP contribution in [0.5, 0.6) is 0 Å². The predicted octanol–water partition coefficient (Wildman–Crippen LogP) is 4.21. The highest BCUT2D eigenvalue weighted by molar-refractivity contribution is 7.18. The van der Waals surface area contributed by atoms with Crippen LogP contribution in [0.15, 0.2) is 29.1 Å². The minimum Gasteiger partial charge on any atom is -0.292 e. The van der Waals surface area contributed by atoms with Crippen LogP contribution in [0.2, 0.25) is 0 Å². The summed E-state index contributed by atoms with van der Waals surface area (Å²) in [6, 6.07) is 6.38. The van der Waals surface area contributed by atoms with Crippen LogP contribution in [0.1, 0.15) is 35.2 Å². The lowest BCUT2D eigenvalue weighted by atomic mass is 10.2. The van der Waals surface area contributed by atoms with Gasteiger partial charge in [0, 0.05) is 11.3 Å². The molecule has 0 atom stereocenters. The van der Waals surface area contributed by atoms with Gasteiger partial charge in [0.2, 0.25) is 0 Å². The van der Waals surface area contributed by atoms with E-state index in [1.807, 2.05) is 19.9 Å². The van der Waals surface area contributed by atoms with Crippen molar-refractivity contribution in [2.24, 2.45) is 0 Å². The summed E-state index contributed by atoms with van der Waals surface area (Å²) in [5.41, 5.74) is 1.75. The fourth-order valence-electron chi connectivity index (χ4n) is 2.76. The number of fused-ring (bicyclic) bond motifs is 1. The standard InChI is InChI=1S/C18H19FN2OS/c1-4-6-15-20-17-16(11(2)12(3)23-17)18(22)21(15)10-13-7-5-8-14(19)9-13/h5,7-9H,4,6,10H2,1-3H3. The van der Waals surface area contributed by atoms with E-state index in [1.54, 1.807) is 22.0 Å². The highest BCUT2D eigenvalue weighted by Gasteiger charge is 2.16. The molecule has 0 fully saturated rings. The van der Waals surface area contributed by atoms with Crippen LogP contribution in [0.25, 0.3) is 10.2 Å². The maximum atomic E-state index is 13.4. The van der Waals surface area contributed by atoms with Gasteiger partial charge in [-0.1, -0.05) is 19.1 Å². The molecule has 23 heavy (non-hydrogen) atoms. The molecule has 0 saturated heterocycles. The van der Waals surface area contributed by atoms with E-state index in [-0.39, 0.29) is 11.4 Å². The molecule has 1 aromatic carbocycles. The van der Waals surface area contributed by atoms with Crippen molar-refractivity contribution in [3.05, 3.63) is 62.3 Å². The van der Waals surface area contributed by atoms with Gasteiger partial charge in [-0.25, -0.2) is 9.37 Å². The second-order valence-corrected chi connectivity index (χ2v) is 6.97. The fraction of sp³-hybridized carbons (Fsp3) is 0.333. The SMILES string of the molecule is CCCc1nc2sc(C)c(C)c2c(=O)n1Cc1cccc(F)c1. The Morgan fingerprint density at radius 2 is 2.09 bits per heavy atom. The zero-order chi connectivity index (χ0) is 16.6. The van der Waals surface area contributed by atoms with E-state index >= 15 is 0 Å². The van der Waals surface area contributed by atoms with Crippen molar-refractivity contribution in [2.75, 3.05) is 0 Å². The van der Waals surface area contributed by atoms with E-state index in [0.29, 0.717) is 11.9 Å². The van der Waals surface area contributed by atoms with E-state index in [1.165, 1.54) is 12.1 Å². The lowest BCUT2D eigenvalue weighted by molar-refractivity contribution is 0.618. The number of hydrogen-bond donors (Lipinski definition) is 0. The van der Waals surface area contributed by atoms with Gasteiger partial charge in [-0.05, 0) is 43.5 Å². The zero-order valence-corrected chi connectivity index (χ0v) is 14.3. The van der Waals surface area contributed by atoms with Gasteiger partial charge in [-0.3, -0.25) is 9.36 Å². The molecule has 0 aliphatic heterocycles. The molecule has 3 rings (SSSR count). The summed E-state index contributed by atoms with van der Waals surface area (Å²) in [4.78, 5) is 19.6. The van der Waals surface area contributed by atoms with Crippen LogP contribution in [-0.4, -0.2) is 9.55 Å². The van der Waals surface area contributed by atoms with Gasteiger partial charge >= 0.3 is 0 Å². The van der Waals surface area contributed by atoms with Crippen LogP contribution in [0.4, 0.5) is 4.39 Å². The molecule has 0 bridgehead atoms. The first-order valence-corrected chi connectivity index (χ1v) is 8.56. The van der Waals surface area contributed by atoms with Crippen molar-refractivity contribution < 1.29 is 4.39 Å². The van der Waals surface area contributed by atoms with Gasteiger partial charge < -0.3 is 0 Å². The third-order valence-electron chi connectivity index (χ3n) is 4.07. The molecule has 0 N–H and O–H groups in total. The van der Waals surface area contributed by atoms with Gasteiger partial charge in [0.1, 0.15) is 16.5 Å². The smallest absolute Gasteiger partial charge is 0.262 e. The van der Waals surface area contributed by atoms with E-state index in [4.69, 9.17) is 4.98 Å². The molecule has 3 aromatic rings.